The summed E-state index contributed by atoms with van der Waals surface area (Å²) in [6.45, 7) is 1.17. The minimum atomic E-state index is 0.483. The lowest BCUT2D eigenvalue weighted by Gasteiger charge is -2.16. The van der Waals surface area contributed by atoms with Gasteiger partial charge in [0, 0.05) is 12.2 Å². The molecule has 1 N–H and O–H groups in total. The summed E-state index contributed by atoms with van der Waals surface area (Å²) in [4.78, 5) is 0. The summed E-state index contributed by atoms with van der Waals surface area (Å²) in [6, 6.07) is 26.7. The fourth-order valence-electron chi connectivity index (χ4n) is 3.50. The van der Waals surface area contributed by atoms with Crippen molar-refractivity contribution in [2.24, 2.45) is 0 Å². The molecule has 4 aromatic carbocycles. The minimum absolute atomic E-state index is 0.483. The Balaban J connectivity index is 1.49. The molecule has 0 saturated heterocycles. The van der Waals surface area contributed by atoms with E-state index in [0.717, 1.165) is 37.6 Å². The quantitative estimate of drug-likeness (QED) is 0.262. The van der Waals surface area contributed by atoms with Crippen LogP contribution in [-0.4, -0.2) is 14.2 Å². The first-order valence-electron chi connectivity index (χ1n) is 10.0. The fourth-order valence-corrected chi connectivity index (χ4v) is 4.32. The lowest BCUT2D eigenvalue weighted by atomic mass is 10.1. The summed E-state index contributed by atoms with van der Waals surface area (Å²) in [5.74, 6) is 2.34. The van der Waals surface area contributed by atoms with Crippen LogP contribution in [0.15, 0.2) is 78.9 Å². The van der Waals surface area contributed by atoms with Gasteiger partial charge >= 0.3 is 0 Å². The van der Waals surface area contributed by atoms with Gasteiger partial charge in [0.05, 0.1) is 17.8 Å². The van der Waals surface area contributed by atoms with Crippen LogP contribution in [0.3, 0.4) is 0 Å². The van der Waals surface area contributed by atoms with Gasteiger partial charge in [-0.1, -0.05) is 42.5 Å². The highest BCUT2D eigenvalue weighted by atomic mass is 127. The number of ether oxygens (including phenoxy) is 3. The molecule has 5 heteroatoms. The highest BCUT2D eigenvalue weighted by Crippen LogP contribution is 2.35. The maximum atomic E-state index is 6.23. The van der Waals surface area contributed by atoms with Crippen LogP contribution in [0.25, 0.3) is 10.8 Å². The van der Waals surface area contributed by atoms with Gasteiger partial charge in [0.15, 0.2) is 11.5 Å². The van der Waals surface area contributed by atoms with Crippen LogP contribution in [0.1, 0.15) is 11.1 Å². The molecule has 0 bridgehead atoms. The van der Waals surface area contributed by atoms with E-state index in [1.807, 2.05) is 30.3 Å². The maximum absolute atomic E-state index is 6.23. The van der Waals surface area contributed by atoms with Crippen LogP contribution in [0, 0.1) is 3.57 Å². The van der Waals surface area contributed by atoms with Crippen molar-refractivity contribution in [3.05, 3.63) is 93.6 Å². The number of hydrogen-bond donors (Lipinski definition) is 1. The van der Waals surface area contributed by atoms with Crippen LogP contribution >= 0.6 is 22.6 Å². The molecule has 0 aliphatic heterocycles. The van der Waals surface area contributed by atoms with Gasteiger partial charge in [-0.25, -0.2) is 0 Å². The van der Waals surface area contributed by atoms with E-state index in [1.165, 1.54) is 10.8 Å². The molecule has 4 aromatic rings. The van der Waals surface area contributed by atoms with Gasteiger partial charge in [-0.15, -0.1) is 0 Å². The number of halogens is 1. The number of methoxy groups -OCH3 is 2. The summed E-state index contributed by atoms with van der Waals surface area (Å²) < 4.78 is 18.1. The third kappa shape index (κ3) is 5.05. The van der Waals surface area contributed by atoms with Crippen molar-refractivity contribution in [1.82, 2.24) is 0 Å². The first kappa shape index (κ1) is 21.3. The second-order valence-electron chi connectivity index (χ2n) is 7.12. The summed E-state index contributed by atoms with van der Waals surface area (Å²) in [6.07, 6.45) is 0. The van der Waals surface area contributed by atoms with Gasteiger partial charge in [-0.05, 0) is 80.9 Å². The first-order valence-corrected chi connectivity index (χ1v) is 11.1. The molecule has 4 nitrogen and oxygen atoms in total. The minimum Gasteiger partial charge on any atom is -0.497 e. The largest absolute Gasteiger partial charge is 0.497 e. The van der Waals surface area contributed by atoms with Crippen LogP contribution in [0.5, 0.6) is 17.2 Å². The number of anilines is 1. The zero-order chi connectivity index (χ0) is 21.6. The van der Waals surface area contributed by atoms with Gasteiger partial charge in [0.1, 0.15) is 12.4 Å². The van der Waals surface area contributed by atoms with Crippen LogP contribution in [0.2, 0.25) is 0 Å². The number of rotatable bonds is 8. The van der Waals surface area contributed by atoms with E-state index in [-0.39, 0.29) is 0 Å². The molecule has 4 rings (SSSR count). The van der Waals surface area contributed by atoms with Crippen molar-refractivity contribution in [2.45, 2.75) is 13.2 Å². The van der Waals surface area contributed by atoms with Gasteiger partial charge < -0.3 is 19.5 Å². The second kappa shape index (κ2) is 9.92. The Morgan fingerprint density at radius 3 is 2.39 bits per heavy atom. The number of hydrogen-bond acceptors (Lipinski definition) is 4. The Kier molecular flexibility index (Phi) is 6.82. The molecule has 31 heavy (non-hydrogen) atoms. The van der Waals surface area contributed by atoms with Crippen molar-refractivity contribution in [1.29, 1.82) is 0 Å². The molecule has 0 radical (unpaired) electrons. The Morgan fingerprint density at radius 1 is 0.839 bits per heavy atom. The van der Waals surface area contributed by atoms with Crippen molar-refractivity contribution in [3.8, 4) is 17.2 Å². The third-order valence-electron chi connectivity index (χ3n) is 5.13. The van der Waals surface area contributed by atoms with Gasteiger partial charge in [0.2, 0.25) is 0 Å². The van der Waals surface area contributed by atoms with E-state index < -0.39 is 0 Å². The van der Waals surface area contributed by atoms with E-state index in [9.17, 15) is 0 Å². The topological polar surface area (TPSA) is 39.7 Å². The predicted molar refractivity (Wildman–Crippen MR) is 134 cm³/mol. The first-order chi connectivity index (χ1) is 15.2. The van der Waals surface area contributed by atoms with E-state index in [1.54, 1.807) is 14.2 Å². The molecule has 0 aliphatic rings. The Morgan fingerprint density at radius 2 is 1.61 bits per heavy atom. The van der Waals surface area contributed by atoms with Crippen molar-refractivity contribution in [2.75, 3.05) is 19.5 Å². The van der Waals surface area contributed by atoms with E-state index >= 15 is 0 Å². The molecule has 0 heterocycles. The molecule has 0 aliphatic carbocycles. The lowest BCUT2D eigenvalue weighted by molar-refractivity contribution is 0.283. The molecule has 0 amide bonds. The van der Waals surface area contributed by atoms with Gasteiger partial charge in [-0.3, -0.25) is 0 Å². The smallest absolute Gasteiger partial charge is 0.174 e. The highest BCUT2D eigenvalue weighted by Gasteiger charge is 2.13. The zero-order valence-corrected chi connectivity index (χ0v) is 19.7. The van der Waals surface area contributed by atoms with Crippen molar-refractivity contribution >= 4 is 39.1 Å². The van der Waals surface area contributed by atoms with Crippen molar-refractivity contribution in [3.63, 3.8) is 0 Å². The third-order valence-corrected chi connectivity index (χ3v) is 5.93. The van der Waals surface area contributed by atoms with Gasteiger partial charge in [0.25, 0.3) is 0 Å². The maximum Gasteiger partial charge on any atom is 0.174 e. The SMILES string of the molecule is COc1ccc(NCc2cc(I)c(OCc3cccc4ccccc34)c(OC)c2)cc1. The van der Waals surface area contributed by atoms with Crippen LogP contribution < -0.4 is 19.5 Å². The molecule has 0 aromatic heterocycles. The number of fused-ring (bicyclic) bond motifs is 1. The zero-order valence-electron chi connectivity index (χ0n) is 17.5. The summed E-state index contributed by atoms with van der Waals surface area (Å²) in [5, 5.41) is 5.85. The van der Waals surface area contributed by atoms with Gasteiger partial charge in [-0.2, -0.15) is 0 Å². The molecule has 0 unspecified atom stereocenters. The highest BCUT2D eigenvalue weighted by molar-refractivity contribution is 14.1. The standard InChI is InChI=1S/C26H24INO3/c1-29-22-12-10-21(11-13-22)28-16-18-14-24(27)26(25(15-18)30-2)31-17-20-8-5-7-19-6-3-4-9-23(19)20/h3-15,28H,16-17H2,1-2H3. The molecule has 0 atom stereocenters. The number of nitrogens with one attached hydrogen (secondary N) is 1. The monoisotopic (exact) mass is 525 g/mol. The molecular weight excluding hydrogens is 501 g/mol. The average Bonchev–Trinajstić information content (AvgIpc) is 2.82. The second-order valence-corrected chi connectivity index (χ2v) is 8.28. The predicted octanol–water partition coefficient (Wildman–Crippen LogP) is 6.65. The van der Waals surface area contributed by atoms with Crippen LogP contribution in [-0.2, 0) is 13.2 Å². The van der Waals surface area contributed by atoms with E-state index in [4.69, 9.17) is 14.2 Å². The Labute approximate surface area is 196 Å². The van der Waals surface area contributed by atoms with E-state index in [2.05, 4.69) is 76.4 Å². The molecule has 158 valence electrons. The molecule has 0 spiro atoms. The summed E-state index contributed by atoms with van der Waals surface area (Å²) >= 11 is 2.31. The fraction of sp³-hybridized carbons (Fsp3) is 0.154. The average molecular weight is 525 g/mol. The molecule has 0 saturated carbocycles. The summed E-state index contributed by atoms with van der Waals surface area (Å²) in [5.41, 5.74) is 3.31. The van der Waals surface area contributed by atoms with E-state index in [0.29, 0.717) is 13.2 Å². The van der Waals surface area contributed by atoms with Crippen molar-refractivity contribution < 1.29 is 14.2 Å². The Hall–Kier alpha value is -2.93. The molecular formula is C26H24INO3. The lowest BCUT2D eigenvalue weighted by Crippen LogP contribution is -2.04. The van der Waals surface area contributed by atoms with Crippen LogP contribution in [0.4, 0.5) is 5.69 Å². The molecule has 0 fully saturated rings. The normalized spacial score (nSPS) is 10.7. The summed E-state index contributed by atoms with van der Waals surface area (Å²) in [7, 11) is 3.34. The Bertz CT molecular complexity index is 1170. The number of benzene rings is 4.